The lowest BCUT2D eigenvalue weighted by Gasteiger charge is -2.33. The van der Waals surface area contributed by atoms with E-state index in [1.807, 2.05) is 75.6 Å². The molecule has 35 heavy (non-hydrogen) atoms. The monoisotopic (exact) mass is 469 g/mol. The predicted molar refractivity (Wildman–Crippen MR) is 137 cm³/mol. The topological polar surface area (TPSA) is 79.6 Å². The van der Waals surface area contributed by atoms with Crippen molar-refractivity contribution in [2.75, 3.05) is 13.6 Å². The van der Waals surface area contributed by atoms with Crippen LogP contribution in [0.2, 0.25) is 0 Å². The second kappa shape index (κ2) is 10.5. The predicted octanol–water partition coefficient (Wildman–Crippen LogP) is 4.41. The van der Waals surface area contributed by atoms with E-state index in [9.17, 15) is 9.59 Å². The molecule has 0 fully saturated rings. The number of fused-ring (bicyclic) bond motifs is 1. The zero-order valence-corrected chi connectivity index (χ0v) is 20.6. The molecule has 2 unspecified atom stereocenters. The van der Waals surface area contributed by atoms with E-state index in [1.165, 1.54) is 0 Å². The smallest absolute Gasteiger partial charge is 0.269 e. The molecule has 4 aromatic rings. The van der Waals surface area contributed by atoms with Gasteiger partial charge in [-0.3, -0.25) is 9.59 Å². The van der Waals surface area contributed by atoms with E-state index < -0.39 is 0 Å². The molecule has 4 rings (SSSR count). The fourth-order valence-corrected chi connectivity index (χ4v) is 4.56. The van der Waals surface area contributed by atoms with E-state index in [-0.39, 0.29) is 23.8 Å². The molecule has 0 saturated carbocycles. The van der Waals surface area contributed by atoms with Crippen LogP contribution in [0.5, 0.6) is 0 Å². The van der Waals surface area contributed by atoms with Crippen molar-refractivity contribution in [2.45, 2.75) is 39.2 Å². The Hall–Kier alpha value is -4.00. The van der Waals surface area contributed by atoms with Gasteiger partial charge >= 0.3 is 0 Å². The van der Waals surface area contributed by atoms with Crippen molar-refractivity contribution in [1.29, 1.82) is 0 Å². The summed E-state index contributed by atoms with van der Waals surface area (Å²) in [6.07, 6.45) is 2.44. The molecular weight excluding hydrogens is 438 g/mol. The highest BCUT2D eigenvalue weighted by atomic mass is 16.2. The maximum absolute atomic E-state index is 13.7. The number of benzene rings is 1. The van der Waals surface area contributed by atoms with Crippen LogP contribution < -0.4 is 5.32 Å². The number of hydrogen-bond acceptors (Lipinski definition) is 4. The van der Waals surface area contributed by atoms with Crippen LogP contribution in [0, 0.1) is 13.8 Å². The first-order valence-corrected chi connectivity index (χ1v) is 11.8. The maximum atomic E-state index is 13.7. The molecule has 0 aliphatic carbocycles. The molecule has 0 aliphatic heterocycles. The van der Waals surface area contributed by atoms with E-state index >= 15 is 0 Å². The van der Waals surface area contributed by atoms with Crippen LogP contribution in [0.25, 0.3) is 5.52 Å². The molecule has 0 spiro atoms. The Morgan fingerprint density at radius 1 is 1.00 bits per heavy atom. The van der Waals surface area contributed by atoms with Gasteiger partial charge in [0.25, 0.3) is 11.8 Å². The summed E-state index contributed by atoms with van der Waals surface area (Å²) in [5, 5.41) is 7.49. The molecule has 0 saturated heterocycles. The number of pyridine rings is 2. The van der Waals surface area contributed by atoms with Crippen LogP contribution >= 0.6 is 0 Å². The molecule has 0 bridgehead atoms. The normalized spacial score (nSPS) is 12.8. The van der Waals surface area contributed by atoms with Crippen LogP contribution in [-0.4, -0.2) is 50.9 Å². The van der Waals surface area contributed by atoms with E-state index in [0.717, 1.165) is 16.8 Å². The Labute approximate surface area is 205 Å². The van der Waals surface area contributed by atoms with Crippen molar-refractivity contribution in [3.63, 3.8) is 0 Å². The molecule has 180 valence electrons. The number of likely N-dealkylation sites (N-methyl/N-ethyl adjacent to an activating group) is 1. The number of hydrogen-bond donors (Lipinski definition) is 1. The maximum Gasteiger partial charge on any atom is 0.269 e. The molecule has 1 aromatic carbocycles. The molecule has 1 N–H and O–H groups in total. The lowest BCUT2D eigenvalue weighted by atomic mass is 9.89. The minimum atomic E-state index is -0.215. The van der Waals surface area contributed by atoms with Gasteiger partial charge in [0.05, 0.1) is 16.8 Å². The number of aryl methyl sites for hydroxylation is 2. The number of nitrogens with zero attached hydrogens (tertiary/aromatic N) is 4. The SMILES string of the molecule is Cc1cccc(C(=O)NCCC(C(C)c2ccccc2)N(C)C(=O)c2c(C)nn3ccccc23)n1. The van der Waals surface area contributed by atoms with Gasteiger partial charge in [-0.25, -0.2) is 9.50 Å². The second-order valence-corrected chi connectivity index (χ2v) is 8.88. The minimum absolute atomic E-state index is 0.0568. The molecular formula is C28H31N5O2. The quantitative estimate of drug-likeness (QED) is 0.415. The van der Waals surface area contributed by atoms with Gasteiger partial charge in [-0.2, -0.15) is 5.10 Å². The Kier molecular flexibility index (Phi) is 7.25. The van der Waals surface area contributed by atoms with Gasteiger partial charge < -0.3 is 10.2 Å². The van der Waals surface area contributed by atoms with Gasteiger partial charge in [0, 0.05) is 37.4 Å². The van der Waals surface area contributed by atoms with E-state index in [4.69, 9.17) is 0 Å². The Balaban J connectivity index is 1.57. The van der Waals surface area contributed by atoms with Crippen LogP contribution in [0.1, 0.15) is 57.1 Å². The summed E-state index contributed by atoms with van der Waals surface area (Å²) in [6.45, 7) is 6.26. The van der Waals surface area contributed by atoms with Crippen molar-refractivity contribution in [2.24, 2.45) is 0 Å². The first kappa shape index (κ1) is 24.1. The highest BCUT2D eigenvalue weighted by Gasteiger charge is 2.30. The average molecular weight is 470 g/mol. The number of rotatable bonds is 8. The molecule has 7 nitrogen and oxygen atoms in total. The van der Waals surface area contributed by atoms with Gasteiger partial charge in [0.1, 0.15) is 5.69 Å². The third-order valence-electron chi connectivity index (χ3n) is 6.50. The first-order chi connectivity index (χ1) is 16.9. The molecule has 0 radical (unpaired) electrons. The minimum Gasteiger partial charge on any atom is -0.351 e. The summed E-state index contributed by atoms with van der Waals surface area (Å²) in [4.78, 5) is 32.5. The number of aromatic nitrogens is 3. The third-order valence-corrected chi connectivity index (χ3v) is 6.50. The van der Waals surface area contributed by atoms with Crippen molar-refractivity contribution in [1.82, 2.24) is 24.8 Å². The summed E-state index contributed by atoms with van der Waals surface area (Å²) in [5.74, 6) is -0.239. The van der Waals surface area contributed by atoms with Crippen molar-refractivity contribution in [3.8, 4) is 0 Å². The molecule has 3 heterocycles. The summed E-state index contributed by atoms with van der Waals surface area (Å²) < 4.78 is 1.74. The number of carbonyl (C=O) groups is 2. The molecule has 2 atom stereocenters. The zero-order valence-electron chi connectivity index (χ0n) is 20.6. The lowest BCUT2D eigenvalue weighted by Crippen LogP contribution is -2.42. The van der Waals surface area contributed by atoms with Crippen LogP contribution in [0.15, 0.2) is 72.9 Å². The van der Waals surface area contributed by atoms with Crippen LogP contribution in [-0.2, 0) is 0 Å². The van der Waals surface area contributed by atoms with E-state index in [0.29, 0.717) is 29.9 Å². The zero-order chi connectivity index (χ0) is 24.9. The van der Waals surface area contributed by atoms with Crippen molar-refractivity contribution < 1.29 is 9.59 Å². The summed E-state index contributed by atoms with van der Waals surface area (Å²) in [7, 11) is 1.84. The first-order valence-electron chi connectivity index (χ1n) is 11.8. The fraction of sp³-hybridized carbons (Fsp3) is 0.286. The molecule has 0 aliphatic rings. The van der Waals surface area contributed by atoms with Gasteiger partial charge in [0.15, 0.2) is 0 Å². The van der Waals surface area contributed by atoms with Gasteiger partial charge in [-0.05, 0) is 50.1 Å². The fourth-order valence-electron chi connectivity index (χ4n) is 4.56. The molecule has 3 aromatic heterocycles. The number of carbonyl (C=O) groups excluding carboxylic acids is 2. The largest absolute Gasteiger partial charge is 0.351 e. The van der Waals surface area contributed by atoms with E-state index in [1.54, 1.807) is 15.5 Å². The number of nitrogens with one attached hydrogen (secondary N) is 1. The highest BCUT2D eigenvalue weighted by molar-refractivity contribution is 6.02. The average Bonchev–Trinajstić information content (AvgIpc) is 3.21. The Morgan fingerprint density at radius 2 is 1.74 bits per heavy atom. The highest BCUT2D eigenvalue weighted by Crippen LogP contribution is 2.27. The Bertz CT molecular complexity index is 1330. The summed E-state index contributed by atoms with van der Waals surface area (Å²) in [6, 6.07) is 21.1. The van der Waals surface area contributed by atoms with Gasteiger partial charge in [0.2, 0.25) is 0 Å². The second-order valence-electron chi connectivity index (χ2n) is 8.88. The van der Waals surface area contributed by atoms with Crippen molar-refractivity contribution in [3.05, 3.63) is 101 Å². The molecule has 7 heteroatoms. The number of amides is 2. The Morgan fingerprint density at radius 3 is 2.49 bits per heavy atom. The standard InChI is InChI=1S/C28H31N5O2/c1-19-11-10-14-23(30-19)27(34)29-17-16-24(20(2)22-12-6-5-7-13-22)32(4)28(35)26-21(3)31-33-18-9-8-15-25(26)33/h5-15,18,20,24H,16-17H2,1-4H3,(H,29,34). The summed E-state index contributed by atoms with van der Waals surface area (Å²) in [5.41, 5.74) is 4.41. The van der Waals surface area contributed by atoms with Crippen LogP contribution in [0.3, 0.4) is 0 Å². The van der Waals surface area contributed by atoms with E-state index in [2.05, 4.69) is 34.5 Å². The van der Waals surface area contributed by atoms with Gasteiger partial charge in [-0.15, -0.1) is 0 Å². The third kappa shape index (κ3) is 5.24. The molecule has 2 amide bonds. The van der Waals surface area contributed by atoms with Crippen molar-refractivity contribution >= 4 is 17.3 Å². The van der Waals surface area contributed by atoms with Crippen LogP contribution in [0.4, 0.5) is 0 Å². The van der Waals surface area contributed by atoms with Gasteiger partial charge in [-0.1, -0.05) is 49.4 Å². The lowest BCUT2D eigenvalue weighted by molar-refractivity contribution is 0.0703. The summed E-state index contributed by atoms with van der Waals surface area (Å²) >= 11 is 0.